The molecule has 0 saturated heterocycles. The van der Waals surface area contributed by atoms with Crippen LogP contribution in [0.5, 0.6) is 0 Å². The van der Waals surface area contributed by atoms with Crippen LogP contribution in [-0.2, 0) is 7.05 Å². The molecule has 4 nitrogen and oxygen atoms in total. The number of halogens is 1. The zero-order valence-corrected chi connectivity index (χ0v) is 16.8. The number of anilines is 1. The molecule has 4 aromatic rings. The standard InChI is InChI=1S/C24H19ClN2O2/c1-15-7-9-17(10-8-15)24(29)26-23-21(16-11-13-18(25)14-12-16)22(28)19-5-3-4-6-20(19)27(23)2/h3-14H,1-2H3,(H,26,29). The van der Waals surface area contributed by atoms with E-state index in [1.165, 1.54) is 0 Å². The van der Waals surface area contributed by atoms with Crippen LogP contribution in [0.3, 0.4) is 0 Å². The minimum atomic E-state index is -0.273. The first-order chi connectivity index (χ1) is 14.0. The van der Waals surface area contributed by atoms with Gasteiger partial charge in [-0.1, -0.05) is 53.6 Å². The largest absolute Gasteiger partial charge is 0.330 e. The summed E-state index contributed by atoms with van der Waals surface area (Å²) in [6, 6.07) is 21.7. The Labute approximate surface area is 173 Å². The molecule has 1 N–H and O–H groups in total. The lowest BCUT2D eigenvalue weighted by Gasteiger charge is -2.18. The molecule has 0 unspecified atom stereocenters. The number of carbonyl (C=O) groups is 1. The van der Waals surface area contributed by atoms with Crippen LogP contribution in [0, 0.1) is 6.92 Å². The Morgan fingerprint density at radius 2 is 1.59 bits per heavy atom. The third kappa shape index (κ3) is 3.55. The van der Waals surface area contributed by atoms with E-state index in [1.807, 2.05) is 48.9 Å². The minimum Gasteiger partial charge on any atom is -0.330 e. The molecule has 0 aliphatic rings. The van der Waals surface area contributed by atoms with E-state index in [1.54, 1.807) is 42.5 Å². The van der Waals surface area contributed by atoms with Gasteiger partial charge in [0.1, 0.15) is 5.82 Å². The first-order valence-corrected chi connectivity index (χ1v) is 9.59. The van der Waals surface area contributed by atoms with E-state index in [2.05, 4.69) is 5.32 Å². The van der Waals surface area contributed by atoms with Crippen LogP contribution in [-0.4, -0.2) is 10.5 Å². The fraction of sp³-hybridized carbons (Fsp3) is 0.0833. The number of rotatable bonds is 3. The molecule has 1 heterocycles. The molecule has 1 aromatic heterocycles. The maximum Gasteiger partial charge on any atom is 0.256 e. The van der Waals surface area contributed by atoms with Crippen molar-refractivity contribution in [2.45, 2.75) is 6.92 Å². The van der Waals surface area contributed by atoms with Crippen molar-refractivity contribution in [1.82, 2.24) is 4.57 Å². The third-order valence-corrected chi connectivity index (χ3v) is 5.24. The average Bonchev–Trinajstić information content (AvgIpc) is 2.73. The maximum absolute atomic E-state index is 13.4. The number of hydrogen-bond donors (Lipinski definition) is 1. The summed E-state index contributed by atoms with van der Waals surface area (Å²) >= 11 is 6.03. The Hall–Kier alpha value is -3.37. The van der Waals surface area contributed by atoms with Gasteiger partial charge >= 0.3 is 0 Å². The van der Waals surface area contributed by atoms with Crippen molar-refractivity contribution in [3.8, 4) is 11.1 Å². The predicted octanol–water partition coefficient (Wildman–Crippen LogP) is 5.42. The highest BCUT2D eigenvalue weighted by Gasteiger charge is 2.19. The number of nitrogens with one attached hydrogen (secondary N) is 1. The van der Waals surface area contributed by atoms with Crippen LogP contribution in [0.25, 0.3) is 22.0 Å². The number of para-hydroxylation sites is 1. The van der Waals surface area contributed by atoms with Gasteiger partial charge in [0, 0.05) is 23.0 Å². The van der Waals surface area contributed by atoms with Gasteiger partial charge in [0.15, 0.2) is 5.43 Å². The molecule has 5 heteroatoms. The van der Waals surface area contributed by atoms with Crippen molar-refractivity contribution in [1.29, 1.82) is 0 Å². The summed E-state index contributed by atoms with van der Waals surface area (Å²) in [6.45, 7) is 1.97. The van der Waals surface area contributed by atoms with E-state index in [9.17, 15) is 9.59 Å². The SMILES string of the molecule is Cc1ccc(C(=O)Nc2c(-c3ccc(Cl)cc3)c(=O)c3ccccc3n2C)cc1. The van der Waals surface area contributed by atoms with E-state index in [4.69, 9.17) is 11.6 Å². The number of fused-ring (bicyclic) bond motifs is 1. The smallest absolute Gasteiger partial charge is 0.256 e. The van der Waals surface area contributed by atoms with Gasteiger partial charge < -0.3 is 9.88 Å². The first-order valence-electron chi connectivity index (χ1n) is 9.21. The minimum absolute atomic E-state index is 0.139. The Morgan fingerprint density at radius 3 is 2.28 bits per heavy atom. The molecule has 144 valence electrons. The van der Waals surface area contributed by atoms with Gasteiger partial charge in [0.2, 0.25) is 0 Å². The number of aromatic nitrogens is 1. The van der Waals surface area contributed by atoms with Gasteiger partial charge in [-0.2, -0.15) is 0 Å². The molecule has 0 radical (unpaired) electrons. The van der Waals surface area contributed by atoms with Gasteiger partial charge in [-0.25, -0.2) is 0 Å². The number of carbonyl (C=O) groups excluding carboxylic acids is 1. The number of aryl methyl sites for hydroxylation is 2. The summed E-state index contributed by atoms with van der Waals surface area (Å²) in [7, 11) is 1.84. The van der Waals surface area contributed by atoms with E-state index in [0.29, 0.717) is 32.9 Å². The van der Waals surface area contributed by atoms with Gasteiger partial charge in [0.25, 0.3) is 5.91 Å². The number of nitrogens with zero attached hydrogens (tertiary/aromatic N) is 1. The monoisotopic (exact) mass is 402 g/mol. The van der Waals surface area contributed by atoms with Crippen molar-refractivity contribution >= 4 is 34.2 Å². The Bertz CT molecular complexity index is 1270. The van der Waals surface area contributed by atoms with Crippen LogP contribution in [0.15, 0.2) is 77.6 Å². The second-order valence-corrected chi connectivity index (χ2v) is 7.39. The van der Waals surface area contributed by atoms with Crippen LogP contribution in [0.1, 0.15) is 15.9 Å². The van der Waals surface area contributed by atoms with Crippen molar-refractivity contribution < 1.29 is 4.79 Å². The Balaban J connectivity index is 1.93. The molecule has 1 amide bonds. The van der Waals surface area contributed by atoms with Gasteiger partial charge in [-0.05, 0) is 48.9 Å². The zero-order valence-electron chi connectivity index (χ0n) is 16.1. The van der Waals surface area contributed by atoms with E-state index < -0.39 is 0 Å². The predicted molar refractivity (Wildman–Crippen MR) is 119 cm³/mol. The third-order valence-electron chi connectivity index (χ3n) is 4.99. The zero-order chi connectivity index (χ0) is 20.5. The lowest BCUT2D eigenvalue weighted by molar-refractivity contribution is 0.102. The molecule has 0 aliphatic heterocycles. The fourth-order valence-electron chi connectivity index (χ4n) is 3.40. The molecule has 0 fully saturated rings. The normalized spacial score (nSPS) is 10.9. The van der Waals surface area contributed by atoms with Crippen LogP contribution in [0.4, 0.5) is 5.82 Å². The summed E-state index contributed by atoms with van der Waals surface area (Å²) in [5.41, 5.74) is 3.33. The highest BCUT2D eigenvalue weighted by Crippen LogP contribution is 2.29. The molecule has 4 rings (SSSR count). The molecule has 29 heavy (non-hydrogen) atoms. The Morgan fingerprint density at radius 1 is 0.931 bits per heavy atom. The van der Waals surface area contributed by atoms with E-state index >= 15 is 0 Å². The summed E-state index contributed by atoms with van der Waals surface area (Å²) in [5.74, 6) is 0.173. The molecule has 0 aliphatic carbocycles. The average molecular weight is 403 g/mol. The summed E-state index contributed by atoms with van der Waals surface area (Å²) < 4.78 is 1.84. The number of pyridine rings is 1. The number of amides is 1. The van der Waals surface area contributed by atoms with Crippen molar-refractivity contribution in [3.05, 3.63) is 99.2 Å². The summed E-state index contributed by atoms with van der Waals surface area (Å²) in [4.78, 5) is 26.3. The quantitative estimate of drug-likeness (QED) is 0.497. The molecule has 0 bridgehead atoms. The topological polar surface area (TPSA) is 51.1 Å². The molecular formula is C24H19ClN2O2. The molecule has 0 saturated carbocycles. The van der Waals surface area contributed by atoms with Gasteiger partial charge in [-0.15, -0.1) is 0 Å². The molecule has 3 aromatic carbocycles. The molecule has 0 atom stereocenters. The molecular weight excluding hydrogens is 384 g/mol. The fourth-order valence-corrected chi connectivity index (χ4v) is 3.53. The van der Waals surface area contributed by atoms with Crippen LogP contribution >= 0.6 is 11.6 Å². The maximum atomic E-state index is 13.4. The first kappa shape index (κ1) is 19.0. The van der Waals surface area contributed by atoms with Crippen molar-refractivity contribution in [2.75, 3.05) is 5.32 Å². The summed E-state index contributed by atoms with van der Waals surface area (Å²) in [6.07, 6.45) is 0. The van der Waals surface area contributed by atoms with Gasteiger partial charge in [-0.3, -0.25) is 9.59 Å². The van der Waals surface area contributed by atoms with Crippen LogP contribution < -0.4 is 10.7 Å². The molecule has 0 spiro atoms. The highest BCUT2D eigenvalue weighted by atomic mass is 35.5. The highest BCUT2D eigenvalue weighted by molar-refractivity contribution is 6.30. The number of hydrogen-bond acceptors (Lipinski definition) is 2. The van der Waals surface area contributed by atoms with Crippen molar-refractivity contribution in [3.63, 3.8) is 0 Å². The Kier molecular flexibility index (Phi) is 4.95. The summed E-state index contributed by atoms with van der Waals surface area (Å²) in [5, 5.41) is 4.12. The van der Waals surface area contributed by atoms with E-state index in [0.717, 1.165) is 11.1 Å². The second-order valence-electron chi connectivity index (χ2n) is 6.96. The lowest BCUT2D eigenvalue weighted by Crippen LogP contribution is -2.21. The number of benzene rings is 3. The van der Waals surface area contributed by atoms with Crippen molar-refractivity contribution in [2.24, 2.45) is 7.05 Å². The van der Waals surface area contributed by atoms with Gasteiger partial charge in [0.05, 0.1) is 11.1 Å². The lowest BCUT2D eigenvalue weighted by atomic mass is 10.0. The van der Waals surface area contributed by atoms with Crippen LogP contribution in [0.2, 0.25) is 5.02 Å². The van der Waals surface area contributed by atoms with E-state index in [-0.39, 0.29) is 11.3 Å². The second kappa shape index (κ2) is 7.57.